The van der Waals surface area contributed by atoms with Gasteiger partial charge in [0.25, 0.3) is 0 Å². The van der Waals surface area contributed by atoms with E-state index in [0.717, 1.165) is 6.07 Å². The molecule has 0 saturated heterocycles. The van der Waals surface area contributed by atoms with Crippen molar-refractivity contribution in [3.05, 3.63) is 45.3 Å². The molecule has 0 aliphatic rings. The summed E-state index contributed by atoms with van der Waals surface area (Å²) in [6, 6.07) is 2.46. The third-order valence-corrected chi connectivity index (χ3v) is 3.30. The molecular weight excluding hydrogens is 313 g/mol. The topological polar surface area (TPSA) is 25.8 Å². The normalized spacial score (nSPS) is 10.6. The molecule has 0 radical (unpaired) electrons. The summed E-state index contributed by atoms with van der Waals surface area (Å²) >= 11 is 8.80. The van der Waals surface area contributed by atoms with Crippen molar-refractivity contribution in [1.82, 2.24) is 9.97 Å². The van der Waals surface area contributed by atoms with Crippen LogP contribution < -0.4 is 0 Å². The molecule has 1 aromatic carbocycles. The van der Waals surface area contributed by atoms with Crippen LogP contribution in [0.15, 0.2) is 22.9 Å². The first kappa shape index (κ1) is 12.4. The summed E-state index contributed by atoms with van der Waals surface area (Å²) < 4.78 is 27.7. The fourth-order valence-electron chi connectivity index (χ4n) is 1.42. The molecule has 2 rings (SSSR count). The van der Waals surface area contributed by atoms with Crippen LogP contribution in [0.3, 0.4) is 0 Å². The fourth-order valence-corrected chi connectivity index (χ4v) is 1.89. The summed E-state index contributed by atoms with van der Waals surface area (Å²) in [4.78, 5) is 7.62. The van der Waals surface area contributed by atoms with Crippen molar-refractivity contribution < 1.29 is 8.78 Å². The van der Waals surface area contributed by atoms with E-state index in [-0.39, 0.29) is 20.9 Å². The van der Waals surface area contributed by atoms with Crippen molar-refractivity contribution >= 4 is 27.5 Å². The summed E-state index contributed by atoms with van der Waals surface area (Å²) in [5, 5.41) is 0.175. The molecular formula is C11H6BrClF2N2. The maximum Gasteiger partial charge on any atom is 0.149 e. The van der Waals surface area contributed by atoms with Crippen LogP contribution in [0.25, 0.3) is 11.3 Å². The summed E-state index contributed by atoms with van der Waals surface area (Å²) in [5.74, 6) is -1.40. The second kappa shape index (κ2) is 4.66. The van der Waals surface area contributed by atoms with Crippen molar-refractivity contribution in [1.29, 1.82) is 0 Å². The van der Waals surface area contributed by atoms with Crippen LogP contribution in [-0.2, 0) is 0 Å². The quantitative estimate of drug-likeness (QED) is 0.583. The number of halogens is 4. The Balaban J connectivity index is 2.77. The van der Waals surface area contributed by atoms with Gasteiger partial charge in [-0.25, -0.2) is 18.7 Å². The minimum Gasteiger partial charge on any atom is -0.236 e. The van der Waals surface area contributed by atoms with Crippen LogP contribution in [0.5, 0.6) is 0 Å². The van der Waals surface area contributed by atoms with Crippen LogP contribution in [-0.4, -0.2) is 9.97 Å². The highest BCUT2D eigenvalue weighted by molar-refractivity contribution is 9.10. The van der Waals surface area contributed by atoms with Gasteiger partial charge < -0.3 is 0 Å². The van der Waals surface area contributed by atoms with Crippen LogP contribution in [0.2, 0.25) is 5.15 Å². The zero-order chi connectivity index (χ0) is 12.6. The van der Waals surface area contributed by atoms with Crippen molar-refractivity contribution in [2.24, 2.45) is 0 Å². The van der Waals surface area contributed by atoms with E-state index >= 15 is 0 Å². The molecule has 6 heteroatoms. The van der Waals surface area contributed by atoms with E-state index in [1.165, 1.54) is 12.4 Å². The first-order valence-electron chi connectivity index (χ1n) is 4.63. The Bertz CT molecular complexity index is 590. The van der Waals surface area contributed by atoms with Crippen molar-refractivity contribution in [3.63, 3.8) is 0 Å². The van der Waals surface area contributed by atoms with Gasteiger partial charge in [-0.3, -0.25) is 0 Å². The van der Waals surface area contributed by atoms with Gasteiger partial charge in [-0.15, -0.1) is 0 Å². The zero-order valence-electron chi connectivity index (χ0n) is 8.64. The predicted molar refractivity (Wildman–Crippen MR) is 64.8 cm³/mol. The number of nitrogens with zero attached hydrogens (tertiary/aromatic N) is 2. The Kier molecular flexibility index (Phi) is 3.40. The summed E-state index contributed by atoms with van der Waals surface area (Å²) in [5.41, 5.74) is 0.382. The number of rotatable bonds is 1. The molecule has 0 amide bonds. The maximum absolute atomic E-state index is 13.9. The molecule has 0 unspecified atom stereocenters. The van der Waals surface area contributed by atoms with Gasteiger partial charge in [-0.2, -0.15) is 0 Å². The van der Waals surface area contributed by atoms with Crippen molar-refractivity contribution in [2.75, 3.05) is 0 Å². The Hall–Kier alpha value is -1.07. The monoisotopic (exact) mass is 318 g/mol. The molecule has 0 spiro atoms. The number of benzene rings is 1. The second-order valence-corrected chi connectivity index (χ2v) is 4.57. The van der Waals surface area contributed by atoms with E-state index in [0.29, 0.717) is 5.56 Å². The van der Waals surface area contributed by atoms with E-state index < -0.39 is 11.6 Å². The number of aromatic nitrogens is 2. The largest absolute Gasteiger partial charge is 0.236 e. The summed E-state index contributed by atoms with van der Waals surface area (Å²) in [6.45, 7) is 1.61. The van der Waals surface area contributed by atoms with Crippen LogP contribution >= 0.6 is 27.5 Å². The van der Waals surface area contributed by atoms with E-state index in [2.05, 4.69) is 25.9 Å². The van der Waals surface area contributed by atoms with Gasteiger partial charge in [-0.05, 0) is 35.0 Å². The molecule has 17 heavy (non-hydrogen) atoms. The molecule has 88 valence electrons. The van der Waals surface area contributed by atoms with Gasteiger partial charge in [0, 0.05) is 5.56 Å². The lowest BCUT2D eigenvalue weighted by atomic mass is 10.1. The molecule has 1 aromatic heterocycles. The smallest absolute Gasteiger partial charge is 0.149 e. The SMILES string of the molecule is Cc1c(Cl)ncnc1-c1c(F)ccc(Br)c1F. The average Bonchev–Trinajstić information content (AvgIpc) is 2.30. The first-order chi connectivity index (χ1) is 8.02. The second-order valence-electron chi connectivity index (χ2n) is 3.36. The van der Waals surface area contributed by atoms with Crippen LogP contribution in [0.1, 0.15) is 5.56 Å². The lowest BCUT2D eigenvalue weighted by Gasteiger charge is -2.08. The summed E-state index contributed by atoms with van der Waals surface area (Å²) in [6.07, 6.45) is 1.17. The predicted octanol–water partition coefficient (Wildman–Crippen LogP) is 4.15. The molecule has 0 aliphatic heterocycles. The minimum absolute atomic E-state index is 0.154. The highest BCUT2D eigenvalue weighted by Crippen LogP contribution is 2.32. The van der Waals surface area contributed by atoms with Gasteiger partial charge >= 0.3 is 0 Å². The molecule has 0 fully saturated rings. The molecule has 0 bridgehead atoms. The van der Waals surface area contributed by atoms with Gasteiger partial charge in [0.2, 0.25) is 0 Å². The number of hydrogen-bond donors (Lipinski definition) is 0. The Morgan fingerprint density at radius 3 is 2.65 bits per heavy atom. The maximum atomic E-state index is 13.9. The van der Waals surface area contributed by atoms with Crippen molar-refractivity contribution in [2.45, 2.75) is 6.92 Å². The van der Waals surface area contributed by atoms with Crippen LogP contribution in [0, 0.1) is 18.6 Å². The highest BCUT2D eigenvalue weighted by Gasteiger charge is 2.18. The van der Waals surface area contributed by atoms with E-state index in [4.69, 9.17) is 11.6 Å². The van der Waals surface area contributed by atoms with Gasteiger partial charge in [0.05, 0.1) is 15.7 Å². The van der Waals surface area contributed by atoms with Gasteiger partial charge in [0.1, 0.15) is 23.1 Å². The molecule has 2 nitrogen and oxygen atoms in total. The van der Waals surface area contributed by atoms with Crippen LogP contribution in [0.4, 0.5) is 8.78 Å². The highest BCUT2D eigenvalue weighted by atomic mass is 79.9. The van der Waals surface area contributed by atoms with E-state index in [9.17, 15) is 8.78 Å². The summed E-state index contributed by atoms with van der Waals surface area (Å²) in [7, 11) is 0. The van der Waals surface area contributed by atoms with Crippen molar-refractivity contribution in [3.8, 4) is 11.3 Å². The third-order valence-electron chi connectivity index (χ3n) is 2.30. The van der Waals surface area contributed by atoms with E-state index in [1.807, 2.05) is 0 Å². The van der Waals surface area contributed by atoms with E-state index in [1.54, 1.807) is 6.92 Å². The van der Waals surface area contributed by atoms with Gasteiger partial charge in [0.15, 0.2) is 0 Å². The number of hydrogen-bond acceptors (Lipinski definition) is 2. The third kappa shape index (κ3) is 2.17. The minimum atomic E-state index is -0.706. The lowest BCUT2D eigenvalue weighted by molar-refractivity contribution is 0.584. The lowest BCUT2D eigenvalue weighted by Crippen LogP contribution is -1.98. The Labute approximate surface area is 110 Å². The molecule has 0 aliphatic carbocycles. The average molecular weight is 320 g/mol. The molecule has 0 saturated carbocycles. The standard InChI is InChI=1S/C11H6BrClF2N2/c1-5-10(16-4-17-11(5)13)8-7(14)3-2-6(12)9(8)15/h2-4H,1H3. The molecule has 0 N–H and O–H groups in total. The fraction of sp³-hybridized carbons (Fsp3) is 0.0909. The molecule has 0 atom stereocenters. The molecule has 2 aromatic rings. The van der Waals surface area contributed by atoms with Gasteiger partial charge in [-0.1, -0.05) is 11.6 Å². The zero-order valence-corrected chi connectivity index (χ0v) is 11.0. The first-order valence-corrected chi connectivity index (χ1v) is 5.80. The Morgan fingerprint density at radius 2 is 1.94 bits per heavy atom. The Morgan fingerprint density at radius 1 is 1.24 bits per heavy atom. The molecule has 1 heterocycles.